The molecule has 0 saturated carbocycles. The average molecular weight is 126 g/mol. The first-order chi connectivity index (χ1) is 4.34. The zero-order valence-corrected chi connectivity index (χ0v) is 4.89. The topological polar surface area (TPSA) is 63.3 Å². The molecule has 1 aromatic heterocycles. The second kappa shape index (κ2) is 2.25. The molecule has 0 amide bonds. The van der Waals surface area contributed by atoms with Crippen LogP contribution in [0.15, 0.2) is 17.4 Å². The maximum absolute atomic E-state index is 8.76. The minimum atomic E-state index is 0.192. The largest absolute Gasteiger partial charge is 0.409 e. The van der Waals surface area contributed by atoms with Crippen molar-refractivity contribution >= 4 is 0 Å². The first-order valence-corrected chi connectivity index (χ1v) is 2.37. The Balaban J connectivity index is 3.33. The summed E-state index contributed by atoms with van der Waals surface area (Å²) in [6.07, 6.45) is 2.82. The lowest BCUT2D eigenvalue weighted by Crippen LogP contribution is -2.23. The van der Waals surface area contributed by atoms with Crippen molar-refractivity contribution in [3.63, 3.8) is 0 Å². The number of nitrogens with zero attached hydrogens (tertiary/aromatic N) is 4. The molecular formula is C4H6N4O. The fourth-order valence-corrected chi connectivity index (χ4v) is 0.443. The molecule has 1 rings (SSSR count). The zero-order chi connectivity index (χ0) is 6.69. The molecule has 0 radical (unpaired) electrons. The Morgan fingerprint density at radius 2 is 2.44 bits per heavy atom. The van der Waals surface area contributed by atoms with Crippen LogP contribution in [0.1, 0.15) is 0 Å². The highest BCUT2D eigenvalue weighted by molar-refractivity contribution is 4.62. The SMILES string of the molecule is CN=c1nccnn1O. The first-order valence-electron chi connectivity index (χ1n) is 2.37. The van der Waals surface area contributed by atoms with Gasteiger partial charge in [0.25, 0.3) is 5.62 Å². The Labute approximate surface area is 51.3 Å². The summed E-state index contributed by atoms with van der Waals surface area (Å²) in [7, 11) is 1.52. The van der Waals surface area contributed by atoms with Crippen molar-refractivity contribution in [2.45, 2.75) is 0 Å². The molecule has 5 nitrogen and oxygen atoms in total. The molecule has 0 unspecified atom stereocenters. The molecule has 48 valence electrons. The number of rotatable bonds is 0. The quantitative estimate of drug-likeness (QED) is 0.455. The van der Waals surface area contributed by atoms with Gasteiger partial charge in [0.05, 0.1) is 12.4 Å². The normalized spacial score (nSPS) is 11.9. The average Bonchev–Trinajstić information content (AvgIpc) is 1.89. The van der Waals surface area contributed by atoms with Crippen LogP contribution in [0.3, 0.4) is 0 Å². The van der Waals surface area contributed by atoms with E-state index < -0.39 is 0 Å². The van der Waals surface area contributed by atoms with Gasteiger partial charge in [-0.05, 0) is 0 Å². The summed E-state index contributed by atoms with van der Waals surface area (Å²) < 4.78 is 0. The third kappa shape index (κ3) is 1.04. The summed E-state index contributed by atoms with van der Waals surface area (Å²) in [6.45, 7) is 0. The van der Waals surface area contributed by atoms with Gasteiger partial charge in [-0.25, -0.2) is 4.98 Å². The van der Waals surface area contributed by atoms with Crippen molar-refractivity contribution in [1.82, 2.24) is 14.9 Å². The molecular weight excluding hydrogens is 120 g/mol. The van der Waals surface area contributed by atoms with Gasteiger partial charge in [-0.2, -0.15) is 0 Å². The van der Waals surface area contributed by atoms with Crippen molar-refractivity contribution in [3.8, 4) is 0 Å². The molecule has 9 heavy (non-hydrogen) atoms. The third-order valence-electron chi connectivity index (χ3n) is 0.812. The summed E-state index contributed by atoms with van der Waals surface area (Å²) in [4.78, 5) is 7.90. The predicted octanol–water partition coefficient (Wildman–Crippen LogP) is -0.954. The second-order valence-electron chi connectivity index (χ2n) is 1.36. The zero-order valence-electron chi connectivity index (χ0n) is 4.89. The highest BCUT2D eigenvalue weighted by Gasteiger charge is 1.83. The maximum atomic E-state index is 8.76. The van der Waals surface area contributed by atoms with Crippen molar-refractivity contribution < 1.29 is 5.21 Å². The van der Waals surface area contributed by atoms with E-state index in [2.05, 4.69) is 15.1 Å². The Hall–Kier alpha value is -1.39. The summed E-state index contributed by atoms with van der Waals surface area (Å²) in [6, 6.07) is 0. The Morgan fingerprint density at radius 1 is 1.67 bits per heavy atom. The van der Waals surface area contributed by atoms with E-state index in [0.717, 1.165) is 0 Å². The molecule has 5 heteroatoms. The minimum absolute atomic E-state index is 0.192. The summed E-state index contributed by atoms with van der Waals surface area (Å²) in [5.41, 5.74) is 0.192. The lowest BCUT2D eigenvalue weighted by Gasteiger charge is -1.89. The molecule has 0 spiro atoms. The van der Waals surface area contributed by atoms with Crippen LogP contribution in [0.5, 0.6) is 0 Å². The van der Waals surface area contributed by atoms with Crippen molar-refractivity contribution in [2.24, 2.45) is 4.99 Å². The molecule has 0 aromatic carbocycles. The number of hydrogen-bond donors (Lipinski definition) is 1. The molecule has 0 aliphatic heterocycles. The van der Waals surface area contributed by atoms with Gasteiger partial charge in [-0.3, -0.25) is 4.99 Å². The molecule has 0 atom stereocenters. The summed E-state index contributed by atoms with van der Waals surface area (Å²) in [5, 5.41) is 12.2. The van der Waals surface area contributed by atoms with E-state index in [1.165, 1.54) is 19.4 Å². The van der Waals surface area contributed by atoms with Gasteiger partial charge in [0.15, 0.2) is 0 Å². The third-order valence-corrected chi connectivity index (χ3v) is 0.812. The van der Waals surface area contributed by atoms with Gasteiger partial charge in [0.2, 0.25) is 0 Å². The van der Waals surface area contributed by atoms with Gasteiger partial charge in [0.1, 0.15) is 0 Å². The Bertz CT molecular complexity index is 253. The fourth-order valence-electron chi connectivity index (χ4n) is 0.443. The lowest BCUT2D eigenvalue weighted by atomic mass is 10.9. The lowest BCUT2D eigenvalue weighted by molar-refractivity contribution is 0.126. The van der Waals surface area contributed by atoms with E-state index in [1.54, 1.807) is 0 Å². The fraction of sp³-hybridized carbons (Fsp3) is 0.250. The number of hydrogen-bond acceptors (Lipinski definition) is 4. The number of aromatic nitrogens is 3. The van der Waals surface area contributed by atoms with Gasteiger partial charge in [0, 0.05) is 7.05 Å². The van der Waals surface area contributed by atoms with Crippen LogP contribution >= 0.6 is 0 Å². The van der Waals surface area contributed by atoms with E-state index >= 15 is 0 Å². The van der Waals surface area contributed by atoms with Crippen LogP contribution in [-0.4, -0.2) is 27.2 Å². The van der Waals surface area contributed by atoms with Gasteiger partial charge in [-0.1, -0.05) is 4.85 Å². The Kier molecular flexibility index (Phi) is 1.44. The van der Waals surface area contributed by atoms with Crippen LogP contribution in [0, 0.1) is 0 Å². The standard InChI is InChI=1S/C4H6N4O/c1-5-4-6-2-3-7-8(4)9/h2-3,9H,1H3. The van der Waals surface area contributed by atoms with Crippen molar-refractivity contribution in [1.29, 1.82) is 0 Å². The van der Waals surface area contributed by atoms with Crippen LogP contribution < -0.4 is 5.62 Å². The van der Waals surface area contributed by atoms with E-state index in [-0.39, 0.29) is 5.62 Å². The summed E-state index contributed by atoms with van der Waals surface area (Å²) in [5.74, 6) is 0. The van der Waals surface area contributed by atoms with Crippen LogP contribution in [0.4, 0.5) is 0 Å². The van der Waals surface area contributed by atoms with Gasteiger partial charge in [-0.15, -0.1) is 5.10 Å². The second-order valence-corrected chi connectivity index (χ2v) is 1.36. The molecule has 1 heterocycles. The predicted molar refractivity (Wildman–Crippen MR) is 28.7 cm³/mol. The minimum Gasteiger partial charge on any atom is -0.409 e. The summed E-state index contributed by atoms with van der Waals surface area (Å²) >= 11 is 0. The smallest absolute Gasteiger partial charge is 0.279 e. The first kappa shape index (κ1) is 5.74. The van der Waals surface area contributed by atoms with Crippen LogP contribution in [-0.2, 0) is 0 Å². The molecule has 0 aliphatic rings. The van der Waals surface area contributed by atoms with Crippen molar-refractivity contribution in [2.75, 3.05) is 7.05 Å². The van der Waals surface area contributed by atoms with E-state index in [4.69, 9.17) is 5.21 Å². The van der Waals surface area contributed by atoms with Crippen molar-refractivity contribution in [3.05, 3.63) is 18.0 Å². The van der Waals surface area contributed by atoms with E-state index in [1.807, 2.05) is 0 Å². The van der Waals surface area contributed by atoms with Crippen LogP contribution in [0.2, 0.25) is 0 Å². The molecule has 1 N–H and O–H groups in total. The highest BCUT2D eigenvalue weighted by Crippen LogP contribution is 1.61. The molecule has 0 fully saturated rings. The highest BCUT2D eigenvalue weighted by atomic mass is 16.5. The Morgan fingerprint density at radius 3 is 2.89 bits per heavy atom. The van der Waals surface area contributed by atoms with Gasteiger partial charge >= 0.3 is 0 Å². The van der Waals surface area contributed by atoms with E-state index in [0.29, 0.717) is 4.85 Å². The molecule has 0 saturated heterocycles. The monoisotopic (exact) mass is 126 g/mol. The van der Waals surface area contributed by atoms with Gasteiger partial charge < -0.3 is 5.21 Å². The van der Waals surface area contributed by atoms with E-state index in [9.17, 15) is 0 Å². The molecule has 0 bridgehead atoms. The molecule has 1 aromatic rings. The van der Waals surface area contributed by atoms with Crippen LogP contribution in [0.25, 0.3) is 0 Å². The molecule has 0 aliphatic carbocycles. The maximum Gasteiger partial charge on any atom is 0.279 e.